The highest BCUT2D eigenvalue weighted by molar-refractivity contribution is 5.95. The number of piperidine rings is 1. The average Bonchev–Trinajstić information content (AvgIpc) is 2.90. The summed E-state index contributed by atoms with van der Waals surface area (Å²) in [5.74, 6) is 0.970. The van der Waals surface area contributed by atoms with E-state index in [-0.39, 0.29) is 5.91 Å². The number of ether oxygens (including phenoxy) is 1. The zero-order valence-corrected chi connectivity index (χ0v) is 21.1. The van der Waals surface area contributed by atoms with Crippen LogP contribution in [0.4, 0.5) is 0 Å². The SMILES string of the molecule is CCN(CC)C(=O)c1ccc(C(=C2CCNCC2)c2ccccc2OCc2cccc(C)c2)cc1. The van der Waals surface area contributed by atoms with Crippen molar-refractivity contribution < 1.29 is 9.53 Å². The quantitative estimate of drug-likeness (QED) is 0.425. The third kappa shape index (κ3) is 6.01. The van der Waals surface area contributed by atoms with Crippen LogP contribution in [0.3, 0.4) is 0 Å². The summed E-state index contributed by atoms with van der Waals surface area (Å²) >= 11 is 0. The van der Waals surface area contributed by atoms with Gasteiger partial charge >= 0.3 is 0 Å². The molecule has 1 heterocycles. The van der Waals surface area contributed by atoms with E-state index in [1.54, 1.807) is 0 Å². The van der Waals surface area contributed by atoms with Gasteiger partial charge in [0.15, 0.2) is 0 Å². The van der Waals surface area contributed by atoms with Gasteiger partial charge in [0.1, 0.15) is 12.4 Å². The van der Waals surface area contributed by atoms with Crippen LogP contribution in [-0.2, 0) is 6.61 Å². The minimum absolute atomic E-state index is 0.0829. The van der Waals surface area contributed by atoms with E-state index in [9.17, 15) is 4.79 Å². The van der Waals surface area contributed by atoms with Crippen LogP contribution in [0.15, 0.2) is 78.4 Å². The Bertz CT molecular complexity index is 1170. The molecule has 3 aromatic rings. The van der Waals surface area contributed by atoms with Crippen molar-refractivity contribution in [1.29, 1.82) is 0 Å². The maximum atomic E-state index is 12.8. The fourth-order valence-electron chi connectivity index (χ4n) is 4.76. The monoisotopic (exact) mass is 468 g/mol. The highest BCUT2D eigenvalue weighted by Gasteiger charge is 2.19. The molecular formula is C31H36N2O2. The molecule has 0 radical (unpaired) electrons. The average molecular weight is 469 g/mol. The molecule has 0 saturated carbocycles. The highest BCUT2D eigenvalue weighted by Crippen LogP contribution is 2.36. The molecule has 1 aliphatic rings. The number of rotatable bonds is 8. The topological polar surface area (TPSA) is 41.6 Å². The molecule has 4 heteroatoms. The lowest BCUT2D eigenvalue weighted by Gasteiger charge is -2.23. The summed E-state index contributed by atoms with van der Waals surface area (Å²) in [6, 6.07) is 24.9. The Labute approximate surface area is 209 Å². The van der Waals surface area contributed by atoms with E-state index in [1.807, 2.05) is 36.9 Å². The van der Waals surface area contributed by atoms with Gasteiger partial charge in [0.25, 0.3) is 5.91 Å². The lowest BCUT2D eigenvalue weighted by Crippen LogP contribution is -2.30. The Hall–Kier alpha value is -3.37. The van der Waals surface area contributed by atoms with Crippen molar-refractivity contribution >= 4 is 11.5 Å². The van der Waals surface area contributed by atoms with E-state index in [0.29, 0.717) is 19.7 Å². The van der Waals surface area contributed by atoms with E-state index in [4.69, 9.17) is 4.74 Å². The fraction of sp³-hybridized carbons (Fsp3) is 0.323. The van der Waals surface area contributed by atoms with E-state index >= 15 is 0 Å². The maximum Gasteiger partial charge on any atom is 0.253 e. The number of carbonyl (C=O) groups excluding carboxylic acids is 1. The predicted octanol–water partition coefficient (Wildman–Crippen LogP) is 6.24. The number of carbonyl (C=O) groups is 1. The van der Waals surface area contributed by atoms with Gasteiger partial charge in [-0.1, -0.05) is 65.7 Å². The molecule has 1 amide bonds. The molecule has 0 unspecified atom stereocenters. The molecule has 35 heavy (non-hydrogen) atoms. The van der Waals surface area contributed by atoms with Crippen LogP contribution >= 0.6 is 0 Å². The number of aryl methyl sites for hydroxylation is 1. The van der Waals surface area contributed by atoms with Crippen LogP contribution in [0.5, 0.6) is 5.75 Å². The van der Waals surface area contributed by atoms with Gasteiger partial charge in [-0.3, -0.25) is 4.79 Å². The minimum Gasteiger partial charge on any atom is -0.488 e. The van der Waals surface area contributed by atoms with Crippen LogP contribution in [0, 0.1) is 6.92 Å². The van der Waals surface area contributed by atoms with E-state index < -0.39 is 0 Å². The number of para-hydroxylation sites is 1. The fourth-order valence-corrected chi connectivity index (χ4v) is 4.76. The van der Waals surface area contributed by atoms with Crippen molar-refractivity contribution in [3.8, 4) is 5.75 Å². The summed E-state index contributed by atoms with van der Waals surface area (Å²) in [6.07, 6.45) is 2.00. The van der Waals surface area contributed by atoms with Crippen LogP contribution in [0.1, 0.15) is 59.3 Å². The molecule has 0 aliphatic carbocycles. The first-order valence-electron chi connectivity index (χ1n) is 12.7. The second-order valence-electron chi connectivity index (χ2n) is 9.06. The molecule has 182 valence electrons. The molecule has 0 bridgehead atoms. The molecule has 3 aromatic carbocycles. The Balaban J connectivity index is 1.69. The first kappa shape index (κ1) is 24.7. The molecule has 1 N–H and O–H groups in total. The molecule has 1 fully saturated rings. The van der Waals surface area contributed by atoms with E-state index in [0.717, 1.165) is 53.9 Å². The largest absolute Gasteiger partial charge is 0.488 e. The molecule has 1 aliphatic heterocycles. The lowest BCUT2D eigenvalue weighted by molar-refractivity contribution is 0.0773. The number of nitrogens with one attached hydrogen (secondary N) is 1. The molecule has 0 aromatic heterocycles. The predicted molar refractivity (Wildman–Crippen MR) is 144 cm³/mol. The van der Waals surface area contributed by atoms with Gasteiger partial charge in [-0.15, -0.1) is 0 Å². The Morgan fingerprint density at radius 1 is 0.886 bits per heavy atom. The second-order valence-corrected chi connectivity index (χ2v) is 9.06. The first-order valence-corrected chi connectivity index (χ1v) is 12.7. The Kier molecular flexibility index (Phi) is 8.38. The summed E-state index contributed by atoms with van der Waals surface area (Å²) in [5, 5.41) is 3.47. The number of benzene rings is 3. The highest BCUT2D eigenvalue weighted by atomic mass is 16.5. The second kappa shape index (κ2) is 11.9. The summed E-state index contributed by atoms with van der Waals surface area (Å²) in [6.45, 7) is 10.0. The zero-order valence-electron chi connectivity index (χ0n) is 21.1. The summed E-state index contributed by atoms with van der Waals surface area (Å²) in [7, 11) is 0. The molecular weight excluding hydrogens is 432 g/mol. The van der Waals surface area contributed by atoms with Crippen LogP contribution in [0.2, 0.25) is 0 Å². The van der Waals surface area contributed by atoms with Crippen LogP contribution < -0.4 is 10.1 Å². The van der Waals surface area contributed by atoms with Crippen molar-refractivity contribution in [1.82, 2.24) is 10.2 Å². The smallest absolute Gasteiger partial charge is 0.253 e. The third-order valence-electron chi connectivity index (χ3n) is 6.67. The van der Waals surface area contributed by atoms with Crippen molar-refractivity contribution in [2.45, 2.75) is 40.2 Å². The molecule has 0 spiro atoms. The third-order valence-corrected chi connectivity index (χ3v) is 6.67. The Morgan fingerprint density at radius 2 is 1.57 bits per heavy atom. The standard InChI is InChI=1S/C31H36N2O2/c1-4-33(5-2)31(34)27-15-13-25(14-16-27)30(26-17-19-32-20-18-26)28-11-6-7-12-29(28)35-22-24-10-8-9-23(3)21-24/h6-16,21,32H,4-5,17-20,22H2,1-3H3. The molecule has 1 saturated heterocycles. The van der Waals surface area contributed by atoms with Crippen LogP contribution in [0.25, 0.3) is 5.57 Å². The number of nitrogens with zero attached hydrogens (tertiary/aromatic N) is 1. The molecule has 4 rings (SSSR count). The van der Waals surface area contributed by atoms with Crippen molar-refractivity contribution in [2.75, 3.05) is 26.2 Å². The van der Waals surface area contributed by atoms with Gasteiger partial charge in [0, 0.05) is 24.2 Å². The van der Waals surface area contributed by atoms with Gasteiger partial charge < -0.3 is 15.0 Å². The van der Waals surface area contributed by atoms with Gasteiger partial charge in [-0.2, -0.15) is 0 Å². The Morgan fingerprint density at radius 3 is 2.26 bits per heavy atom. The van der Waals surface area contributed by atoms with Gasteiger partial charge in [0.05, 0.1) is 0 Å². The van der Waals surface area contributed by atoms with Gasteiger partial charge in [-0.05, 0) is 81.6 Å². The first-order chi connectivity index (χ1) is 17.1. The molecule has 0 atom stereocenters. The van der Waals surface area contributed by atoms with Gasteiger partial charge in [0.2, 0.25) is 0 Å². The summed E-state index contributed by atoms with van der Waals surface area (Å²) in [5.41, 5.74) is 8.03. The maximum absolute atomic E-state index is 12.8. The van der Waals surface area contributed by atoms with E-state index in [1.165, 1.54) is 16.7 Å². The lowest BCUT2D eigenvalue weighted by atomic mass is 9.88. The minimum atomic E-state index is 0.0829. The zero-order chi connectivity index (χ0) is 24.6. The normalized spacial score (nSPS) is 13.4. The number of hydrogen-bond acceptors (Lipinski definition) is 3. The van der Waals surface area contributed by atoms with Crippen molar-refractivity contribution in [3.05, 3.63) is 106 Å². The number of amides is 1. The summed E-state index contributed by atoms with van der Waals surface area (Å²) < 4.78 is 6.38. The summed E-state index contributed by atoms with van der Waals surface area (Å²) in [4.78, 5) is 14.7. The molecule has 4 nitrogen and oxygen atoms in total. The van der Waals surface area contributed by atoms with Crippen molar-refractivity contribution in [3.63, 3.8) is 0 Å². The van der Waals surface area contributed by atoms with Crippen LogP contribution in [-0.4, -0.2) is 37.0 Å². The van der Waals surface area contributed by atoms with E-state index in [2.05, 4.69) is 66.8 Å². The van der Waals surface area contributed by atoms with Gasteiger partial charge in [-0.25, -0.2) is 0 Å². The van der Waals surface area contributed by atoms with Crippen molar-refractivity contribution in [2.24, 2.45) is 0 Å². The number of hydrogen-bond donors (Lipinski definition) is 1.